The highest BCUT2D eigenvalue weighted by molar-refractivity contribution is 5.81. The molecule has 186 valence electrons. The van der Waals surface area contributed by atoms with Gasteiger partial charge in [-0.2, -0.15) is 0 Å². The molecule has 1 aromatic rings. The fourth-order valence-corrected chi connectivity index (χ4v) is 3.98. The lowest BCUT2D eigenvalue weighted by Gasteiger charge is -2.36. The number of rotatable bonds is 17. The van der Waals surface area contributed by atoms with Gasteiger partial charge in [-0.15, -0.1) is 0 Å². The first-order valence-corrected chi connectivity index (χ1v) is 12.1. The largest absolute Gasteiger partial charge is 0.382 e. The molecule has 1 unspecified atom stereocenters. The molecule has 8 heteroatoms. The monoisotopic (exact) mass is 463 g/mol. The van der Waals surface area contributed by atoms with Gasteiger partial charge in [0, 0.05) is 32.7 Å². The van der Waals surface area contributed by atoms with Crippen LogP contribution in [-0.4, -0.2) is 76.0 Å². The van der Waals surface area contributed by atoms with Crippen molar-refractivity contribution in [1.29, 1.82) is 0 Å². The maximum atomic E-state index is 12.9. The Bertz CT molecular complexity index is 700. The summed E-state index contributed by atoms with van der Waals surface area (Å²) in [7, 11) is 1.62. The zero-order valence-electron chi connectivity index (χ0n) is 20.1. The molecule has 0 radical (unpaired) electrons. The number of ether oxygens (including phenoxy) is 3. The van der Waals surface area contributed by atoms with Gasteiger partial charge in [0.05, 0.1) is 26.4 Å². The van der Waals surface area contributed by atoms with E-state index in [1.807, 2.05) is 18.2 Å². The number of carbonyl (C=O) groups is 2. The van der Waals surface area contributed by atoms with Gasteiger partial charge >= 0.3 is 0 Å². The molecule has 1 heterocycles. The maximum absolute atomic E-state index is 12.9. The quantitative estimate of drug-likeness (QED) is 0.343. The summed E-state index contributed by atoms with van der Waals surface area (Å²) < 4.78 is 15.8. The number of hydrogen-bond donors (Lipinski definition) is 2. The van der Waals surface area contributed by atoms with Gasteiger partial charge in [-0.1, -0.05) is 43.5 Å². The summed E-state index contributed by atoms with van der Waals surface area (Å²) in [6, 6.07) is 7.94. The Morgan fingerprint density at radius 1 is 1.00 bits per heavy atom. The first kappa shape index (κ1) is 27.2. The number of amides is 2. The molecule has 0 bridgehead atoms. The highest BCUT2D eigenvalue weighted by atomic mass is 16.5. The van der Waals surface area contributed by atoms with Crippen molar-refractivity contribution >= 4 is 11.8 Å². The number of nitrogens with zero attached hydrogens (tertiary/aromatic N) is 1. The molecule has 0 fully saturated rings. The van der Waals surface area contributed by atoms with Crippen molar-refractivity contribution in [2.24, 2.45) is 5.73 Å². The molecule has 8 nitrogen and oxygen atoms in total. The summed E-state index contributed by atoms with van der Waals surface area (Å²) in [5.74, 6) is -0.106. The summed E-state index contributed by atoms with van der Waals surface area (Å²) in [4.78, 5) is 27.3. The van der Waals surface area contributed by atoms with Crippen LogP contribution in [0.1, 0.15) is 49.7 Å². The van der Waals surface area contributed by atoms with Gasteiger partial charge in [0.25, 0.3) is 0 Å². The highest BCUT2D eigenvalue weighted by Gasteiger charge is 2.31. The lowest BCUT2D eigenvalue weighted by molar-refractivity contribution is -0.141. The predicted molar refractivity (Wildman–Crippen MR) is 128 cm³/mol. The van der Waals surface area contributed by atoms with Crippen molar-refractivity contribution in [3.8, 4) is 0 Å². The topological polar surface area (TPSA) is 103 Å². The molecule has 0 spiro atoms. The minimum atomic E-state index is -0.168. The second-order valence-corrected chi connectivity index (χ2v) is 8.42. The molecule has 1 aromatic carbocycles. The second-order valence-electron chi connectivity index (χ2n) is 8.42. The van der Waals surface area contributed by atoms with Gasteiger partial charge < -0.3 is 30.2 Å². The molecular formula is C25H41N3O5. The predicted octanol–water partition coefficient (Wildman–Crippen LogP) is 2.04. The van der Waals surface area contributed by atoms with Gasteiger partial charge in [-0.05, 0) is 36.9 Å². The Morgan fingerprint density at radius 2 is 1.70 bits per heavy atom. The maximum Gasteiger partial charge on any atom is 0.249 e. The molecule has 1 aliphatic rings. The first-order chi connectivity index (χ1) is 16.2. The fraction of sp³-hybridized carbons (Fsp3) is 0.680. The number of methoxy groups -OCH3 is 1. The Kier molecular flexibility index (Phi) is 13.7. The third-order valence-corrected chi connectivity index (χ3v) is 5.83. The zero-order valence-corrected chi connectivity index (χ0v) is 20.1. The van der Waals surface area contributed by atoms with Crippen LogP contribution in [0.3, 0.4) is 0 Å². The third kappa shape index (κ3) is 10.6. The van der Waals surface area contributed by atoms with Crippen LogP contribution in [-0.2, 0) is 36.8 Å². The van der Waals surface area contributed by atoms with E-state index in [1.54, 1.807) is 12.0 Å². The fourth-order valence-electron chi connectivity index (χ4n) is 3.98. The van der Waals surface area contributed by atoms with Crippen LogP contribution in [0.5, 0.6) is 0 Å². The van der Waals surface area contributed by atoms with Gasteiger partial charge in [0.2, 0.25) is 11.8 Å². The standard InChI is InChI=1S/C25H41N3O5/c1-31-13-14-32-15-16-33-20-25(30)28-19-22-10-6-5-9-21(22)17-23(28)18-24(29)27-12-8-4-2-3-7-11-26/h5-6,9-10,23H,2-4,7-8,11-20,26H2,1H3,(H,27,29). The summed E-state index contributed by atoms with van der Waals surface area (Å²) in [5, 5.41) is 3.02. The summed E-state index contributed by atoms with van der Waals surface area (Å²) in [5.41, 5.74) is 7.84. The lowest BCUT2D eigenvalue weighted by Crippen LogP contribution is -2.48. The molecular weight excluding hydrogens is 422 g/mol. The molecule has 0 saturated carbocycles. The zero-order chi connectivity index (χ0) is 23.7. The van der Waals surface area contributed by atoms with Crippen LogP contribution >= 0.6 is 0 Å². The number of hydrogen-bond acceptors (Lipinski definition) is 6. The van der Waals surface area contributed by atoms with Gasteiger partial charge in [-0.3, -0.25) is 9.59 Å². The number of unbranched alkanes of at least 4 members (excludes halogenated alkanes) is 4. The van der Waals surface area contributed by atoms with Crippen molar-refractivity contribution in [1.82, 2.24) is 10.2 Å². The van der Waals surface area contributed by atoms with E-state index in [2.05, 4.69) is 11.4 Å². The molecule has 0 saturated heterocycles. The number of carbonyl (C=O) groups excluding carboxylic acids is 2. The molecule has 3 N–H and O–H groups in total. The molecule has 1 atom stereocenters. The average molecular weight is 464 g/mol. The third-order valence-electron chi connectivity index (χ3n) is 5.83. The van der Waals surface area contributed by atoms with E-state index in [1.165, 1.54) is 5.56 Å². The van der Waals surface area contributed by atoms with Crippen molar-refractivity contribution < 1.29 is 23.8 Å². The van der Waals surface area contributed by atoms with E-state index in [0.717, 1.165) is 44.2 Å². The number of nitrogens with one attached hydrogen (secondary N) is 1. The van der Waals surface area contributed by atoms with E-state index in [0.29, 0.717) is 52.4 Å². The molecule has 0 aliphatic carbocycles. The smallest absolute Gasteiger partial charge is 0.249 e. The minimum Gasteiger partial charge on any atom is -0.382 e. The Balaban J connectivity index is 1.80. The molecule has 0 aromatic heterocycles. The summed E-state index contributed by atoms with van der Waals surface area (Å²) in [6.45, 7) is 3.69. The summed E-state index contributed by atoms with van der Waals surface area (Å²) in [6.07, 6.45) is 6.38. The number of nitrogens with two attached hydrogens (primary N) is 1. The van der Waals surface area contributed by atoms with Crippen molar-refractivity contribution in [2.75, 3.05) is 53.2 Å². The van der Waals surface area contributed by atoms with Crippen molar-refractivity contribution in [3.05, 3.63) is 35.4 Å². The number of fused-ring (bicyclic) bond motifs is 1. The second kappa shape index (κ2) is 16.6. The first-order valence-electron chi connectivity index (χ1n) is 12.1. The van der Waals surface area contributed by atoms with Gasteiger partial charge in [0.15, 0.2) is 0 Å². The van der Waals surface area contributed by atoms with Crippen LogP contribution in [0.15, 0.2) is 24.3 Å². The van der Waals surface area contributed by atoms with Crippen LogP contribution < -0.4 is 11.1 Å². The average Bonchev–Trinajstić information content (AvgIpc) is 2.82. The molecule has 2 rings (SSSR count). The Morgan fingerprint density at radius 3 is 2.48 bits per heavy atom. The van der Waals surface area contributed by atoms with Crippen LogP contribution in [0.25, 0.3) is 0 Å². The summed E-state index contributed by atoms with van der Waals surface area (Å²) >= 11 is 0. The van der Waals surface area contributed by atoms with E-state index in [9.17, 15) is 9.59 Å². The van der Waals surface area contributed by atoms with E-state index < -0.39 is 0 Å². The van der Waals surface area contributed by atoms with Gasteiger partial charge in [0.1, 0.15) is 6.61 Å². The van der Waals surface area contributed by atoms with Crippen LogP contribution in [0.2, 0.25) is 0 Å². The van der Waals surface area contributed by atoms with Gasteiger partial charge in [-0.25, -0.2) is 0 Å². The van der Waals surface area contributed by atoms with E-state index in [4.69, 9.17) is 19.9 Å². The molecule has 2 amide bonds. The van der Waals surface area contributed by atoms with E-state index >= 15 is 0 Å². The van der Waals surface area contributed by atoms with Crippen LogP contribution in [0.4, 0.5) is 0 Å². The lowest BCUT2D eigenvalue weighted by atomic mass is 9.92. The van der Waals surface area contributed by atoms with E-state index in [-0.39, 0.29) is 24.5 Å². The molecule has 33 heavy (non-hydrogen) atoms. The minimum absolute atomic E-state index is 0.00778. The SMILES string of the molecule is COCCOCCOCC(=O)N1Cc2ccccc2CC1CC(=O)NCCCCCCCN. The highest BCUT2D eigenvalue weighted by Crippen LogP contribution is 2.25. The molecule has 1 aliphatic heterocycles. The Labute approximate surface area is 198 Å². The van der Waals surface area contributed by atoms with Crippen LogP contribution in [0, 0.1) is 0 Å². The number of benzene rings is 1. The normalized spacial score (nSPS) is 15.3. The Hall–Kier alpha value is -2.00. The van der Waals surface area contributed by atoms with Crippen molar-refractivity contribution in [3.63, 3.8) is 0 Å². The van der Waals surface area contributed by atoms with Crippen molar-refractivity contribution in [2.45, 2.75) is 57.5 Å².